The Morgan fingerprint density at radius 1 is 1.21 bits per heavy atom. The third-order valence-corrected chi connectivity index (χ3v) is 1.92. The predicted octanol–water partition coefficient (Wildman–Crippen LogP) is 1.77. The molecule has 0 saturated carbocycles. The average molecular weight is 207 g/mol. The molecule has 2 N–H and O–H groups in total. The molecule has 14 heavy (non-hydrogen) atoms. The van der Waals surface area contributed by atoms with Gasteiger partial charge in [-0.05, 0) is 18.2 Å². The van der Waals surface area contributed by atoms with Gasteiger partial charge >= 0.3 is 0 Å². The number of hydrogen-bond donors (Lipinski definition) is 1. The third kappa shape index (κ3) is 1.65. The number of rotatable bonds is 1. The molecule has 0 radical (unpaired) electrons. The van der Waals surface area contributed by atoms with E-state index < -0.39 is 0 Å². The average Bonchev–Trinajstić information content (AvgIpc) is 2.23. The molecule has 70 valence electrons. The molecular weight excluding hydrogens is 200 g/mol. The lowest BCUT2D eigenvalue weighted by atomic mass is 10.2. The van der Waals surface area contributed by atoms with Crippen LogP contribution in [0, 0.1) is 0 Å². The van der Waals surface area contributed by atoms with E-state index in [0.29, 0.717) is 16.5 Å². The van der Waals surface area contributed by atoms with Crippen molar-refractivity contribution >= 4 is 17.4 Å². The monoisotopic (exact) mass is 206 g/mol. The summed E-state index contributed by atoms with van der Waals surface area (Å²) in [5.41, 5.74) is 7.09. The Hall–Kier alpha value is -1.68. The second-order valence-electron chi connectivity index (χ2n) is 2.68. The Morgan fingerprint density at radius 2 is 2.07 bits per heavy atom. The van der Waals surface area contributed by atoms with E-state index >= 15 is 0 Å². The van der Waals surface area contributed by atoms with Crippen LogP contribution >= 0.6 is 11.6 Å². The van der Waals surface area contributed by atoms with E-state index in [4.69, 9.17) is 17.3 Å². The fraction of sp³-hybridized carbons (Fsp3) is 0. The SMILES string of the molecule is Nc1nnc(Cl)cc1-c1ccccn1. The number of nitrogens with zero attached hydrogens (tertiary/aromatic N) is 3. The molecule has 0 fully saturated rings. The Bertz CT molecular complexity index is 444. The predicted molar refractivity (Wildman–Crippen MR) is 54.7 cm³/mol. The molecule has 0 saturated heterocycles. The fourth-order valence-corrected chi connectivity index (χ4v) is 1.25. The van der Waals surface area contributed by atoms with Gasteiger partial charge in [0.1, 0.15) is 0 Å². The Labute approximate surface area is 85.8 Å². The van der Waals surface area contributed by atoms with Crippen LogP contribution in [0.15, 0.2) is 30.5 Å². The molecule has 0 spiro atoms. The molecule has 0 aliphatic heterocycles. The van der Waals surface area contributed by atoms with E-state index in [0.717, 1.165) is 5.69 Å². The van der Waals surface area contributed by atoms with Gasteiger partial charge in [-0.2, -0.15) is 0 Å². The molecule has 2 aromatic heterocycles. The molecule has 0 aromatic carbocycles. The standard InChI is InChI=1S/C9H7ClN4/c10-8-5-6(9(11)14-13-8)7-3-1-2-4-12-7/h1-5H,(H2,11,14). The van der Waals surface area contributed by atoms with Crippen LogP contribution < -0.4 is 5.73 Å². The van der Waals surface area contributed by atoms with E-state index in [-0.39, 0.29) is 0 Å². The van der Waals surface area contributed by atoms with Crippen molar-refractivity contribution in [3.63, 3.8) is 0 Å². The molecule has 0 unspecified atom stereocenters. The molecule has 0 aliphatic rings. The first-order valence-corrected chi connectivity index (χ1v) is 4.35. The smallest absolute Gasteiger partial charge is 0.155 e. The lowest BCUT2D eigenvalue weighted by Gasteiger charge is -2.02. The van der Waals surface area contributed by atoms with Crippen LogP contribution in [0.3, 0.4) is 0 Å². The number of pyridine rings is 1. The summed E-state index contributed by atoms with van der Waals surface area (Å²) in [4.78, 5) is 4.14. The summed E-state index contributed by atoms with van der Waals surface area (Å²) in [6.07, 6.45) is 1.68. The molecule has 0 bridgehead atoms. The van der Waals surface area contributed by atoms with Crippen molar-refractivity contribution in [1.29, 1.82) is 0 Å². The minimum Gasteiger partial charge on any atom is -0.382 e. The van der Waals surface area contributed by atoms with Crippen LogP contribution in [-0.4, -0.2) is 15.2 Å². The molecule has 2 heterocycles. The highest BCUT2D eigenvalue weighted by Crippen LogP contribution is 2.23. The minimum atomic E-state index is 0.305. The van der Waals surface area contributed by atoms with Crippen molar-refractivity contribution in [2.75, 3.05) is 5.73 Å². The second kappa shape index (κ2) is 3.59. The number of nitrogen functional groups attached to an aromatic ring is 1. The van der Waals surface area contributed by atoms with E-state index in [9.17, 15) is 0 Å². The van der Waals surface area contributed by atoms with E-state index in [1.54, 1.807) is 12.3 Å². The Balaban J connectivity index is 2.57. The van der Waals surface area contributed by atoms with Gasteiger partial charge in [-0.1, -0.05) is 17.7 Å². The third-order valence-electron chi connectivity index (χ3n) is 1.73. The van der Waals surface area contributed by atoms with Crippen molar-refractivity contribution in [3.8, 4) is 11.3 Å². The first-order valence-electron chi connectivity index (χ1n) is 3.97. The zero-order valence-electron chi connectivity index (χ0n) is 7.18. The number of nitrogens with two attached hydrogens (primary N) is 1. The summed E-state index contributed by atoms with van der Waals surface area (Å²) < 4.78 is 0. The Kier molecular flexibility index (Phi) is 2.28. The van der Waals surface area contributed by atoms with Crippen molar-refractivity contribution in [2.24, 2.45) is 0 Å². The van der Waals surface area contributed by atoms with Gasteiger partial charge in [0.15, 0.2) is 11.0 Å². The minimum absolute atomic E-state index is 0.305. The van der Waals surface area contributed by atoms with Crippen LogP contribution in [-0.2, 0) is 0 Å². The van der Waals surface area contributed by atoms with Crippen LogP contribution in [0.25, 0.3) is 11.3 Å². The summed E-state index contributed by atoms with van der Waals surface area (Å²) >= 11 is 5.71. The van der Waals surface area contributed by atoms with Crippen LogP contribution in [0.5, 0.6) is 0 Å². The maximum atomic E-state index is 5.71. The van der Waals surface area contributed by atoms with Crippen molar-refractivity contribution in [1.82, 2.24) is 15.2 Å². The molecule has 0 amide bonds. The van der Waals surface area contributed by atoms with Crippen LogP contribution in [0.4, 0.5) is 5.82 Å². The summed E-state index contributed by atoms with van der Waals surface area (Å²) in [5, 5.41) is 7.64. The highest BCUT2D eigenvalue weighted by molar-refractivity contribution is 6.29. The summed E-state index contributed by atoms with van der Waals surface area (Å²) in [6.45, 7) is 0. The highest BCUT2D eigenvalue weighted by Gasteiger charge is 2.05. The van der Waals surface area contributed by atoms with Crippen LogP contribution in [0.2, 0.25) is 5.15 Å². The normalized spacial score (nSPS) is 10.1. The number of aromatic nitrogens is 3. The van der Waals surface area contributed by atoms with Gasteiger partial charge < -0.3 is 5.73 Å². The molecule has 4 nitrogen and oxygen atoms in total. The van der Waals surface area contributed by atoms with Gasteiger partial charge in [0.05, 0.1) is 5.69 Å². The lowest BCUT2D eigenvalue weighted by molar-refractivity contribution is 1.04. The fourth-order valence-electron chi connectivity index (χ4n) is 1.10. The first-order chi connectivity index (χ1) is 6.77. The summed E-state index contributed by atoms with van der Waals surface area (Å²) in [7, 11) is 0. The van der Waals surface area contributed by atoms with Gasteiger partial charge in [-0.3, -0.25) is 4.98 Å². The van der Waals surface area contributed by atoms with E-state index in [1.165, 1.54) is 0 Å². The zero-order chi connectivity index (χ0) is 9.97. The highest BCUT2D eigenvalue weighted by atomic mass is 35.5. The molecule has 0 atom stereocenters. The van der Waals surface area contributed by atoms with Gasteiger partial charge in [0.25, 0.3) is 0 Å². The van der Waals surface area contributed by atoms with Gasteiger partial charge in [0.2, 0.25) is 0 Å². The number of anilines is 1. The van der Waals surface area contributed by atoms with Crippen molar-refractivity contribution < 1.29 is 0 Å². The topological polar surface area (TPSA) is 64.7 Å². The van der Waals surface area contributed by atoms with Crippen molar-refractivity contribution in [2.45, 2.75) is 0 Å². The van der Waals surface area contributed by atoms with E-state index in [2.05, 4.69) is 15.2 Å². The Morgan fingerprint density at radius 3 is 2.79 bits per heavy atom. The largest absolute Gasteiger partial charge is 0.382 e. The molecule has 0 aliphatic carbocycles. The molecular formula is C9H7ClN4. The summed E-state index contributed by atoms with van der Waals surface area (Å²) in [6, 6.07) is 7.18. The summed E-state index contributed by atoms with van der Waals surface area (Å²) in [5.74, 6) is 0.327. The zero-order valence-corrected chi connectivity index (χ0v) is 7.94. The molecule has 5 heteroatoms. The number of halogens is 1. The van der Waals surface area contributed by atoms with Gasteiger partial charge in [0, 0.05) is 11.8 Å². The molecule has 2 rings (SSSR count). The van der Waals surface area contributed by atoms with Gasteiger partial charge in [-0.15, -0.1) is 10.2 Å². The number of hydrogen-bond acceptors (Lipinski definition) is 4. The van der Waals surface area contributed by atoms with E-state index in [1.807, 2.05) is 18.2 Å². The van der Waals surface area contributed by atoms with Crippen LogP contribution in [0.1, 0.15) is 0 Å². The van der Waals surface area contributed by atoms with Crippen molar-refractivity contribution in [3.05, 3.63) is 35.6 Å². The lowest BCUT2D eigenvalue weighted by Crippen LogP contribution is -1.97. The quantitative estimate of drug-likeness (QED) is 0.773. The maximum Gasteiger partial charge on any atom is 0.155 e. The first kappa shape index (κ1) is 8.90. The maximum absolute atomic E-state index is 5.71. The van der Waals surface area contributed by atoms with Gasteiger partial charge in [-0.25, -0.2) is 0 Å². The second-order valence-corrected chi connectivity index (χ2v) is 3.07. The molecule has 2 aromatic rings.